The molecule has 0 spiro atoms. The number of carbonyl (C=O) groups is 2. The monoisotopic (exact) mass is 842 g/mol. The minimum Gasteiger partial charge on any atom is -0.494 e. The molecule has 332 valence electrons. The van der Waals surface area contributed by atoms with Crippen molar-refractivity contribution in [2.45, 2.75) is 121 Å². The number of aliphatic hydroxyl groups is 1. The summed E-state index contributed by atoms with van der Waals surface area (Å²) in [6.07, 6.45) is 10.9. The van der Waals surface area contributed by atoms with Crippen LogP contribution in [0, 0.1) is 23.2 Å². The zero-order valence-corrected chi connectivity index (χ0v) is 35.5. The van der Waals surface area contributed by atoms with Crippen LogP contribution < -0.4 is 20.7 Å². The molecule has 3 aliphatic carbocycles. The minimum atomic E-state index is -4.46. The Morgan fingerprint density at radius 2 is 1.82 bits per heavy atom. The van der Waals surface area contributed by atoms with Gasteiger partial charge in [0.2, 0.25) is 11.8 Å². The average Bonchev–Trinajstić information content (AvgIpc) is 3.57. The van der Waals surface area contributed by atoms with Crippen molar-refractivity contribution in [3.8, 4) is 5.75 Å². The number of nitrogens with one attached hydrogen (secondary N) is 3. The summed E-state index contributed by atoms with van der Waals surface area (Å²) in [5.74, 6) is 3.54. The number of benzene rings is 1. The van der Waals surface area contributed by atoms with E-state index in [1.165, 1.54) is 36.6 Å². The van der Waals surface area contributed by atoms with E-state index in [0.717, 1.165) is 96.1 Å². The molecule has 2 saturated carbocycles. The Labute approximate surface area is 353 Å². The van der Waals surface area contributed by atoms with Gasteiger partial charge in [0.05, 0.1) is 44.3 Å². The van der Waals surface area contributed by atoms with Crippen LogP contribution in [0.25, 0.3) is 0 Å². The molecule has 4 heterocycles. The number of aromatic nitrogens is 2. The molecule has 6 unspecified atom stereocenters. The molecule has 0 radical (unpaired) electrons. The summed E-state index contributed by atoms with van der Waals surface area (Å²) in [6, 6.07) is 7.29. The van der Waals surface area contributed by atoms with Gasteiger partial charge in [-0.25, -0.2) is 4.98 Å². The van der Waals surface area contributed by atoms with Gasteiger partial charge in [-0.15, -0.1) is 0 Å². The number of halogens is 3. The Morgan fingerprint density at radius 3 is 2.55 bits per heavy atom. The molecule has 1 aromatic heterocycles. The summed E-state index contributed by atoms with van der Waals surface area (Å²) in [5, 5.41) is 19.4. The van der Waals surface area contributed by atoms with E-state index < -0.39 is 11.9 Å². The van der Waals surface area contributed by atoms with Gasteiger partial charge in [0.1, 0.15) is 11.6 Å². The van der Waals surface area contributed by atoms with E-state index in [1.54, 1.807) is 7.05 Å². The maximum atomic E-state index is 12.6. The molecule has 12 nitrogen and oxygen atoms in total. The molecule has 6 atom stereocenters. The van der Waals surface area contributed by atoms with E-state index in [-0.39, 0.29) is 41.1 Å². The van der Waals surface area contributed by atoms with Gasteiger partial charge in [-0.1, -0.05) is 13.0 Å². The van der Waals surface area contributed by atoms with Crippen LogP contribution in [-0.2, 0) is 26.9 Å². The van der Waals surface area contributed by atoms with Crippen LogP contribution in [0.5, 0.6) is 5.75 Å². The van der Waals surface area contributed by atoms with Gasteiger partial charge >= 0.3 is 6.18 Å². The number of piperidine rings is 2. The van der Waals surface area contributed by atoms with Crippen molar-refractivity contribution in [3.05, 3.63) is 47.4 Å². The maximum Gasteiger partial charge on any atom is 0.434 e. The van der Waals surface area contributed by atoms with Crippen LogP contribution in [0.3, 0.4) is 0 Å². The third kappa shape index (κ3) is 10.9. The average molecular weight is 842 g/mol. The van der Waals surface area contributed by atoms with E-state index >= 15 is 0 Å². The first-order valence-electron chi connectivity index (χ1n) is 22.5. The molecule has 2 amide bonds. The number of amides is 2. The van der Waals surface area contributed by atoms with E-state index in [9.17, 15) is 27.9 Å². The Hall–Kier alpha value is -3.53. The first kappa shape index (κ1) is 44.5. The molecule has 5 fully saturated rings. The summed E-state index contributed by atoms with van der Waals surface area (Å²) in [5.41, 5.74) is 2.11. The van der Waals surface area contributed by atoms with Crippen molar-refractivity contribution in [3.63, 3.8) is 0 Å². The molecule has 0 bridgehead atoms. The van der Waals surface area contributed by atoms with Crippen LogP contribution in [0.2, 0.25) is 0 Å². The highest BCUT2D eigenvalue weighted by Crippen LogP contribution is 2.61. The number of anilines is 1. The van der Waals surface area contributed by atoms with Crippen LogP contribution in [0.15, 0.2) is 30.6 Å². The molecule has 3 saturated heterocycles. The molecule has 8 rings (SSSR count). The number of carbonyl (C=O) groups excluding carboxylic acids is 2. The van der Waals surface area contributed by atoms with Gasteiger partial charge in [0.15, 0.2) is 5.69 Å². The fourth-order valence-electron chi connectivity index (χ4n) is 11.2. The lowest BCUT2D eigenvalue weighted by Gasteiger charge is -2.50. The number of rotatable bonds is 11. The summed E-state index contributed by atoms with van der Waals surface area (Å²) >= 11 is 0. The highest BCUT2D eigenvalue weighted by molar-refractivity contribution is 5.78. The lowest BCUT2D eigenvalue weighted by atomic mass is 9.55. The second-order valence-corrected chi connectivity index (χ2v) is 18.2. The molecule has 15 heteroatoms. The fourth-order valence-corrected chi connectivity index (χ4v) is 11.2. The number of hydrogen-bond donors (Lipinski definition) is 4. The van der Waals surface area contributed by atoms with E-state index in [4.69, 9.17) is 9.47 Å². The number of hydrogen-bond acceptors (Lipinski definition) is 10. The number of alkyl halides is 3. The zero-order chi connectivity index (χ0) is 42.3. The molecule has 2 aromatic rings. The molecule has 60 heavy (non-hydrogen) atoms. The predicted octanol–water partition coefficient (Wildman–Crippen LogP) is 5.80. The number of nitrogens with zero attached hydrogens (tertiary/aromatic N) is 4. The minimum absolute atomic E-state index is 0.00142. The van der Waals surface area contributed by atoms with Crippen LogP contribution in [0.4, 0.5) is 19.0 Å². The second kappa shape index (κ2) is 20.1. The van der Waals surface area contributed by atoms with Crippen molar-refractivity contribution in [1.29, 1.82) is 0 Å². The first-order chi connectivity index (χ1) is 28.9. The number of aliphatic hydroxyl groups excluding tert-OH is 1. The van der Waals surface area contributed by atoms with Crippen LogP contribution in [-0.4, -0.2) is 121 Å². The Bertz CT molecular complexity index is 1730. The first-order valence-corrected chi connectivity index (χ1v) is 22.5. The van der Waals surface area contributed by atoms with Gasteiger partial charge in [-0.2, -0.15) is 13.2 Å². The van der Waals surface area contributed by atoms with E-state index in [1.807, 2.05) is 0 Å². The predicted molar refractivity (Wildman–Crippen MR) is 223 cm³/mol. The summed E-state index contributed by atoms with van der Waals surface area (Å²) in [7, 11) is 1.73. The maximum absolute atomic E-state index is 12.6. The SMILES string of the molecule is CNC(=O)C1CCN(C2CCN(CC(=O)NCCCOc3ccc4c(c3)CCC3C4CCC4(C)C(O)CCC34)CC2)CC1.FC(F)(F)c1cncc(NC2CCCOC2)n1. The fraction of sp³-hybridized carbons (Fsp3) is 0.733. The highest BCUT2D eigenvalue weighted by atomic mass is 19.4. The van der Waals surface area contributed by atoms with E-state index in [2.05, 4.69) is 60.8 Å². The molecule has 4 N–H and O–H groups in total. The third-order valence-electron chi connectivity index (χ3n) is 14.6. The van der Waals surface area contributed by atoms with Crippen molar-refractivity contribution >= 4 is 17.6 Å². The molecule has 3 aliphatic heterocycles. The smallest absolute Gasteiger partial charge is 0.434 e. The number of fused-ring (bicyclic) bond motifs is 5. The van der Waals surface area contributed by atoms with Crippen molar-refractivity contribution in [2.24, 2.45) is 23.2 Å². The topological polar surface area (TPSA) is 141 Å². The Kier molecular flexibility index (Phi) is 14.9. The van der Waals surface area contributed by atoms with Crippen molar-refractivity contribution in [1.82, 2.24) is 30.4 Å². The lowest BCUT2D eigenvalue weighted by molar-refractivity contribution is -0.141. The van der Waals surface area contributed by atoms with Gasteiger partial charge in [0, 0.05) is 45.2 Å². The van der Waals surface area contributed by atoms with Crippen LogP contribution in [0.1, 0.15) is 107 Å². The standard InChI is InChI=1S/C35H54N4O4.C10H12F3N3O/c1-35-15-10-29-28-7-5-27(22-25(28)4-6-30(29)31(35)8-9-32(35)40)43-21-3-16-37-33(41)23-38-17-13-26(14-18-38)39-19-11-24(12-20-39)34(42)36-2;11-10(12,13)8-4-14-5-9(16-8)15-7-2-1-3-17-6-7/h5,7,22,24,26,29-32,40H,3-4,6,8-21,23H2,1-2H3,(H,36,42)(H,37,41);4-5,7H,1-3,6H2,(H,15,16). The van der Waals surface area contributed by atoms with Crippen molar-refractivity contribution < 1.29 is 37.3 Å². The van der Waals surface area contributed by atoms with E-state index in [0.29, 0.717) is 62.9 Å². The third-order valence-corrected chi connectivity index (χ3v) is 14.6. The summed E-state index contributed by atoms with van der Waals surface area (Å²) in [6.45, 7) is 9.15. The summed E-state index contributed by atoms with van der Waals surface area (Å²) in [4.78, 5) is 36.3. The van der Waals surface area contributed by atoms with Gasteiger partial charge < -0.3 is 35.4 Å². The molecule has 6 aliphatic rings. The number of ether oxygens (including phenoxy) is 2. The highest BCUT2D eigenvalue weighted by Gasteiger charge is 2.54. The number of likely N-dealkylation sites (tertiary alicyclic amines) is 2. The Morgan fingerprint density at radius 1 is 1.02 bits per heavy atom. The molecule has 1 aromatic carbocycles. The van der Waals surface area contributed by atoms with Crippen molar-refractivity contribution in [2.75, 3.05) is 71.5 Å². The van der Waals surface area contributed by atoms with Crippen LogP contribution >= 0.6 is 0 Å². The number of aryl methyl sites for hydroxylation is 1. The largest absolute Gasteiger partial charge is 0.494 e. The quantitative estimate of drug-likeness (QED) is 0.206. The van der Waals surface area contributed by atoms with Gasteiger partial charge in [-0.05, 0) is 143 Å². The second-order valence-electron chi connectivity index (χ2n) is 18.2. The van der Waals surface area contributed by atoms with Gasteiger partial charge in [0.25, 0.3) is 0 Å². The Balaban J connectivity index is 0.000000267. The van der Waals surface area contributed by atoms with Gasteiger partial charge in [-0.3, -0.25) is 19.5 Å². The molecular weight excluding hydrogens is 776 g/mol. The summed E-state index contributed by atoms with van der Waals surface area (Å²) < 4.78 is 48.5. The normalized spacial score (nSPS) is 28.9. The zero-order valence-electron chi connectivity index (χ0n) is 35.5. The lowest BCUT2D eigenvalue weighted by Crippen LogP contribution is -2.50. The molecular formula is C45H66F3N7O5.